The molecule has 172 valence electrons. The Balaban J connectivity index is 1.35. The molecule has 0 aliphatic carbocycles. The lowest BCUT2D eigenvalue weighted by molar-refractivity contribution is 0.0471. The first kappa shape index (κ1) is 22.3. The topological polar surface area (TPSA) is 65.5 Å². The predicted molar refractivity (Wildman–Crippen MR) is 136 cm³/mol. The highest BCUT2D eigenvalue weighted by Gasteiger charge is 2.18. The molecular weight excluding hydrogens is 438 g/mol. The van der Waals surface area contributed by atoms with Crippen LogP contribution in [-0.2, 0) is 11.3 Å². The van der Waals surface area contributed by atoms with Crippen molar-refractivity contribution in [3.05, 3.63) is 119 Å². The number of esters is 2. The highest BCUT2D eigenvalue weighted by Crippen LogP contribution is 2.27. The summed E-state index contributed by atoms with van der Waals surface area (Å²) in [5, 5.41) is 1.45. The van der Waals surface area contributed by atoms with Gasteiger partial charge in [-0.2, -0.15) is 0 Å². The second kappa shape index (κ2) is 9.39. The number of ether oxygens (including phenoxy) is 2. The molecule has 1 heterocycles. The maximum atomic E-state index is 13.2. The van der Waals surface area contributed by atoms with E-state index in [1.807, 2.05) is 80.6 Å². The first-order valence-electron chi connectivity index (χ1n) is 11.3. The van der Waals surface area contributed by atoms with E-state index in [4.69, 9.17) is 9.47 Å². The van der Waals surface area contributed by atoms with Crippen LogP contribution in [-0.4, -0.2) is 16.9 Å². The monoisotopic (exact) mass is 461 g/mol. The molecule has 4 aromatic carbocycles. The maximum Gasteiger partial charge on any atom is 0.344 e. The fraction of sp³-hybridized carbons (Fsp3) is 0.100. The Morgan fingerprint density at radius 3 is 1.86 bits per heavy atom. The molecule has 0 atom stereocenters. The van der Waals surface area contributed by atoms with Gasteiger partial charge in [0.15, 0.2) is 0 Å². The Kier molecular flexibility index (Phi) is 5.98. The van der Waals surface area contributed by atoms with Gasteiger partial charge in [-0.1, -0.05) is 54.6 Å². The van der Waals surface area contributed by atoms with Crippen LogP contribution in [0.25, 0.3) is 21.8 Å². The van der Waals surface area contributed by atoms with Crippen LogP contribution in [0.15, 0.2) is 91.0 Å². The number of fused-ring (bicyclic) bond motifs is 2. The largest absolute Gasteiger partial charge is 0.457 e. The van der Waals surface area contributed by atoms with E-state index in [0.717, 1.165) is 38.5 Å². The molecule has 0 bridgehead atoms. The van der Waals surface area contributed by atoms with Gasteiger partial charge in [0.05, 0.1) is 22.2 Å². The molecule has 5 aromatic rings. The SMILES string of the molecule is Cc1cccc(C)c1COC(=O)c1ccc(OC(=O)c2c3ccccc3nc3ccccc23)cc1. The summed E-state index contributed by atoms with van der Waals surface area (Å²) in [5.74, 6) is -0.576. The Hall–Kier alpha value is -4.51. The van der Waals surface area contributed by atoms with Crippen LogP contribution in [0, 0.1) is 13.8 Å². The van der Waals surface area contributed by atoms with E-state index in [-0.39, 0.29) is 6.61 Å². The zero-order valence-electron chi connectivity index (χ0n) is 19.4. The molecule has 0 spiro atoms. The zero-order chi connectivity index (χ0) is 24.4. The molecule has 0 unspecified atom stereocenters. The van der Waals surface area contributed by atoms with Gasteiger partial charge in [-0.3, -0.25) is 0 Å². The van der Waals surface area contributed by atoms with Gasteiger partial charge in [-0.05, 0) is 66.9 Å². The van der Waals surface area contributed by atoms with Crippen molar-refractivity contribution in [3.63, 3.8) is 0 Å². The van der Waals surface area contributed by atoms with Crippen molar-refractivity contribution in [1.29, 1.82) is 0 Å². The normalized spacial score (nSPS) is 10.9. The van der Waals surface area contributed by atoms with E-state index < -0.39 is 11.9 Å². The molecule has 0 aliphatic heterocycles. The number of aromatic nitrogens is 1. The Labute approximate surface area is 203 Å². The van der Waals surface area contributed by atoms with E-state index in [1.54, 1.807) is 24.3 Å². The number of carbonyl (C=O) groups excluding carboxylic acids is 2. The fourth-order valence-electron chi connectivity index (χ4n) is 4.17. The summed E-state index contributed by atoms with van der Waals surface area (Å²) < 4.78 is 11.2. The van der Waals surface area contributed by atoms with Crippen LogP contribution in [0.5, 0.6) is 5.75 Å². The zero-order valence-corrected chi connectivity index (χ0v) is 19.4. The number of para-hydroxylation sites is 2. The summed E-state index contributed by atoms with van der Waals surface area (Å²) in [5.41, 5.74) is 5.45. The smallest absolute Gasteiger partial charge is 0.344 e. The molecule has 0 saturated heterocycles. The van der Waals surface area contributed by atoms with Crippen LogP contribution in [0.4, 0.5) is 0 Å². The van der Waals surface area contributed by atoms with Crippen molar-refractivity contribution < 1.29 is 19.1 Å². The minimum absolute atomic E-state index is 0.205. The number of hydrogen-bond donors (Lipinski definition) is 0. The lowest BCUT2D eigenvalue weighted by Gasteiger charge is -2.12. The molecule has 35 heavy (non-hydrogen) atoms. The lowest BCUT2D eigenvalue weighted by Crippen LogP contribution is -2.11. The van der Waals surface area contributed by atoms with Crippen molar-refractivity contribution >= 4 is 33.7 Å². The van der Waals surface area contributed by atoms with Crippen molar-refractivity contribution in [1.82, 2.24) is 4.98 Å². The third kappa shape index (κ3) is 4.49. The first-order valence-corrected chi connectivity index (χ1v) is 11.3. The van der Waals surface area contributed by atoms with Crippen molar-refractivity contribution in [2.75, 3.05) is 0 Å². The number of rotatable bonds is 5. The van der Waals surface area contributed by atoms with Gasteiger partial charge in [0.2, 0.25) is 0 Å². The van der Waals surface area contributed by atoms with Crippen LogP contribution < -0.4 is 4.74 Å². The number of carbonyl (C=O) groups is 2. The number of pyridine rings is 1. The standard InChI is InChI=1S/C30H23NO4/c1-19-8-7-9-20(2)25(19)18-34-29(32)21-14-16-22(17-15-21)35-30(33)28-23-10-3-5-12-26(23)31-27-13-6-4-11-24(27)28/h3-17H,18H2,1-2H3. The third-order valence-electron chi connectivity index (χ3n) is 6.08. The molecule has 1 aromatic heterocycles. The van der Waals surface area contributed by atoms with Gasteiger partial charge in [-0.25, -0.2) is 14.6 Å². The van der Waals surface area contributed by atoms with Gasteiger partial charge in [-0.15, -0.1) is 0 Å². The summed E-state index contributed by atoms with van der Waals surface area (Å²) in [4.78, 5) is 30.4. The highest BCUT2D eigenvalue weighted by atomic mass is 16.5. The van der Waals surface area contributed by atoms with Gasteiger partial charge < -0.3 is 9.47 Å². The van der Waals surface area contributed by atoms with Crippen molar-refractivity contribution in [3.8, 4) is 5.75 Å². The summed E-state index contributed by atoms with van der Waals surface area (Å²) >= 11 is 0. The average molecular weight is 462 g/mol. The van der Waals surface area contributed by atoms with E-state index in [9.17, 15) is 9.59 Å². The minimum atomic E-state index is -0.481. The molecule has 0 fully saturated rings. The molecule has 0 aliphatic rings. The molecule has 5 rings (SSSR count). The quantitative estimate of drug-likeness (QED) is 0.168. The predicted octanol–water partition coefficient (Wildman–Crippen LogP) is 6.58. The fourth-order valence-corrected chi connectivity index (χ4v) is 4.17. The summed E-state index contributed by atoms with van der Waals surface area (Å²) in [6.45, 7) is 4.19. The van der Waals surface area contributed by atoms with Crippen LogP contribution >= 0.6 is 0 Å². The lowest BCUT2D eigenvalue weighted by atomic mass is 10.0. The van der Waals surface area contributed by atoms with E-state index in [0.29, 0.717) is 16.9 Å². The van der Waals surface area contributed by atoms with Gasteiger partial charge in [0.25, 0.3) is 0 Å². The number of hydrogen-bond acceptors (Lipinski definition) is 5. The van der Waals surface area contributed by atoms with Gasteiger partial charge in [0, 0.05) is 10.8 Å². The Morgan fingerprint density at radius 2 is 1.26 bits per heavy atom. The summed E-state index contributed by atoms with van der Waals surface area (Å²) in [6, 6.07) is 27.3. The van der Waals surface area contributed by atoms with Crippen LogP contribution in [0.3, 0.4) is 0 Å². The van der Waals surface area contributed by atoms with Crippen molar-refractivity contribution in [2.24, 2.45) is 0 Å². The third-order valence-corrected chi connectivity index (χ3v) is 6.08. The molecule has 0 amide bonds. The molecule has 0 saturated carbocycles. The first-order chi connectivity index (χ1) is 17.0. The van der Waals surface area contributed by atoms with Crippen molar-refractivity contribution in [2.45, 2.75) is 20.5 Å². The summed E-state index contributed by atoms with van der Waals surface area (Å²) in [6.07, 6.45) is 0. The molecule has 0 N–H and O–H groups in total. The maximum absolute atomic E-state index is 13.2. The molecule has 5 heteroatoms. The molecular formula is C30H23NO4. The average Bonchev–Trinajstić information content (AvgIpc) is 2.87. The second-order valence-corrected chi connectivity index (χ2v) is 8.38. The van der Waals surface area contributed by atoms with E-state index in [1.165, 1.54) is 0 Å². The molecule has 5 nitrogen and oxygen atoms in total. The highest BCUT2D eigenvalue weighted by molar-refractivity contribution is 6.14. The number of nitrogens with zero attached hydrogens (tertiary/aromatic N) is 1. The van der Waals surface area contributed by atoms with Crippen LogP contribution in [0.1, 0.15) is 37.4 Å². The minimum Gasteiger partial charge on any atom is -0.457 e. The van der Waals surface area contributed by atoms with E-state index in [2.05, 4.69) is 4.98 Å². The summed E-state index contributed by atoms with van der Waals surface area (Å²) in [7, 11) is 0. The second-order valence-electron chi connectivity index (χ2n) is 8.38. The van der Waals surface area contributed by atoms with Gasteiger partial charge in [0.1, 0.15) is 12.4 Å². The van der Waals surface area contributed by atoms with E-state index >= 15 is 0 Å². The molecule has 0 radical (unpaired) electrons. The van der Waals surface area contributed by atoms with Gasteiger partial charge >= 0.3 is 11.9 Å². The number of benzene rings is 4. The van der Waals surface area contributed by atoms with Crippen LogP contribution in [0.2, 0.25) is 0 Å². The Morgan fingerprint density at radius 1 is 0.686 bits per heavy atom. The Bertz CT molecular complexity index is 1500. The number of aryl methyl sites for hydroxylation is 2.